The predicted octanol–water partition coefficient (Wildman–Crippen LogP) is 0.304. The summed E-state index contributed by atoms with van der Waals surface area (Å²) in [7, 11) is -3.65. The van der Waals surface area contributed by atoms with Crippen LogP contribution in [0.25, 0.3) is 0 Å². The summed E-state index contributed by atoms with van der Waals surface area (Å²) in [5, 5.41) is 0. The number of esters is 1. The zero-order valence-electron chi connectivity index (χ0n) is 8.16. The quantitative estimate of drug-likeness (QED) is 0.493. The van der Waals surface area contributed by atoms with Gasteiger partial charge in [-0.05, 0) is 20.8 Å². The van der Waals surface area contributed by atoms with E-state index in [0.717, 1.165) is 6.26 Å². The minimum Gasteiger partial charge on any atom is -0.464 e. The molecule has 5 nitrogen and oxygen atoms in total. The van der Waals surface area contributed by atoms with Gasteiger partial charge in [-0.3, -0.25) is 4.18 Å². The van der Waals surface area contributed by atoms with Crippen molar-refractivity contribution in [2.45, 2.75) is 26.4 Å². The molecule has 13 heavy (non-hydrogen) atoms. The van der Waals surface area contributed by atoms with Crippen molar-refractivity contribution in [1.29, 1.82) is 0 Å². The molecule has 0 spiro atoms. The first-order valence-electron chi connectivity index (χ1n) is 3.77. The summed E-state index contributed by atoms with van der Waals surface area (Å²) >= 11 is 0. The van der Waals surface area contributed by atoms with Gasteiger partial charge in [-0.25, -0.2) is 4.79 Å². The van der Waals surface area contributed by atoms with Gasteiger partial charge in [0, 0.05) is 0 Å². The molecule has 0 saturated heterocycles. The first-order chi connectivity index (χ1) is 5.69. The van der Waals surface area contributed by atoms with Crippen molar-refractivity contribution in [2.75, 3.05) is 12.9 Å². The van der Waals surface area contributed by atoms with Crippen LogP contribution in [0.2, 0.25) is 0 Å². The molecule has 0 aromatic heterocycles. The highest BCUT2D eigenvalue weighted by Crippen LogP contribution is 2.14. The third kappa shape index (κ3) is 4.84. The lowest BCUT2D eigenvalue weighted by Crippen LogP contribution is -2.38. The highest BCUT2D eigenvalue weighted by molar-refractivity contribution is 7.86. The number of rotatable bonds is 4. The summed E-state index contributed by atoms with van der Waals surface area (Å²) < 4.78 is 30.6. The van der Waals surface area contributed by atoms with E-state index in [9.17, 15) is 13.2 Å². The van der Waals surface area contributed by atoms with Gasteiger partial charge in [-0.2, -0.15) is 8.42 Å². The first kappa shape index (κ1) is 12.4. The number of ether oxygens (including phenoxy) is 1. The summed E-state index contributed by atoms with van der Waals surface area (Å²) in [6.45, 7) is 4.50. The third-order valence-corrected chi connectivity index (χ3v) is 1.85. The molecular weight excluding hydrogens is 196 g/mol. The summed E-state index contributed by atoms with van der Waals surface area (Å²) in [6.07, 6.45) is 0.883. The van der Waals surface area contributed by atoms with E-state index in [4.69, 9.17) is 0 Å². The number of hydrogen-bond acceptors (Lipinski definition) is 5. The van der Waals surface area contributed by atoms with Crippen molar-refractivity contribution in [3.8, 4) is 0 Å². The van der Waals surface area contributed by atoms with Crippen LogP contribution in [0.15, 0.2) is 0 Å². The van der Waals surface area contributed by atoms with Gasteiger partial charge in [-0.15, -0.1) is 0 Å². The van der Waals surface area contributed by atoms with Crippen LogP contribution in [0.1, 0.15) is 20.8 Å². The third-order valence-electron chi connectivity index (χ3n) is 1.13. The van der Waals surface area contributed by atoms with Crippen LogP contribution in [0.4, 0.5) is 0 Å². The standard InChI is InChI=1S/C7H14O5S/c1-5-11-6(8)7(2,3)12-13(4,9)10/h5H2,1-4H3. The van der Waals surface area contributed by atoms with Crippen LogP contribution in [0.3, 0.4) is 0 Å². The lowest BCUT2D eigenvalue weighted by atomic mass is 10.1. The fourth-order valence-electron chi connectivity index (χ4n) is 0.717. The van der Waals surface area contributed by atoms with Gasteiger partial charge in [0.1, 0.15) is 0 Å². The van der Waals surface area contributed by atoms with Crippen LogP contribution in [0.5, 0.6) is 0 Å². The van der Waals surface area contributed by atoms with Gasteiger partial charge in [0.25, 0.3) is 10.1 Å². The van der Waals surface area contributed by atoms with Crippen molar-refractivity contribution in [1.82, 2.24) is 0 Å². The zero-order chi connectivity index (χ0) is 10.7. The Bertz CT molecular complexity index is 277. The normalized spacial score (nSPS) is 12.6. The maximum Gasteiger partial charge on any atom is 0.339 e. The number of carbonyl (C=O) groups is 1. The van der Waals surface area contributed by atoms with Crippen LogP contribution in [-0.4, -0.2) is 32.9 Å². The molecule has 0 heterocycles. The Morgan fingerprint density at radius 2 is 1.85 bits per heavy atom. The molecule has 0 rings (SSSR count). The Hall–Kier alpha value is -0.620. The van der Waals surface area contributed by atoms with E-state index >= 15 is 0 Å². The van der Waals surface area contributed by atoms with E-state index in [-0.39, 0.29) is 6.61 Å². The molecular formula is C7H14O5S. The van der Waals surface area contributed by atoms with E-state index in [2.05, 4.69) is 8.92 Å². The Balaban J connectivity index is 4.49. The van der Waals surface area contributed by atoms with Crippen LogP contribution < -0.4 is 0 Å². The maximum absolute atomic E-state index is 11.1. The minimum atomic E-state index is -3.65. The SMILES string of the molecule is CCOC(=O)C(C)(C)OS(C)(=O)=O. The van der Waals surface area contributed by atoms with E-state index in [1.165, 1.54) is 13.8 Å². The number of hydrogen-bond donors (Lipinski definition) is 0. The van der Waals surface area contributed by atoms with Gasteiger partial charge in [-0.1, -0.05) is 0 Å². The second-order valence-corrected chi connectivity index (χ2v) is 4.59. The van der Waals surface area contributed by atoms with Crippen LogP contribution >= 0.6 is 0 Å². The summed E-state index contributed by atoms with van der Waals surface area (Å²) in [4.78, 5) is 11.1. The smallest absolute Gasteiger partial charge is 0.339 e. The van der Waals surface area contributed by atoms with Gasteiger partial charge < -0.3 is 4.74 Å². The van der Waals surface area contributed by atoms with Gasteiger partial charge in [0.15, 0.2) is 5.60 Å². The average Bonchev–Trinajstić information content (AvgIpc) is 1.82. The molecule has 0 aromatic carbocycles. The molecule has 0 aliphatic rings. The molecule has 0 amide bonds. The molecule has 0 unspecified atom stereocenters. The van der Waals surface area contributed by atoms with Crippen molar-refractivity contribution in [3.63, 3.8) is 0 Å². The number of carbonyl (C=O) groups excluding carboxylic acids is 1. The zero-order valence-corrected chi connectivity index (χ0v) is 8.97. The minimum absolute atomic E-state index is 0.190. The highest BCUT2D eigenvalue weighted by atomic mass is 32.2. The lowest BCUT2D eigenvalue weighted by Gasteiger charge is -2.20. The van der Waals surface area contributed by atoms with E-state index in [1.54, 1.807) is 6.92 Å². The molecule has 0 atom stereocenters. The second kappa shape index (κ2) is 4.06. The largest absolute Gasteiger partial charge is 0.464 e. The first-order valence-corrected chi connectivity index (χ1v) is 5.58. The molecule has 0 N–H and O–H groups in total. The molecule has 0 aromatic rings. The second-order valence-electron chi connectivity index (χ2n) is 3.02. The predicted molar refractivity (Wildman–Crippen MR) is 46.6 cm³/mol. The monoisotopic (exact) mass is 210 g/mol. The van der Waals surface area contributed by atoms with Crippen LogP contribution in [0, 0.1) is 0 Å². The maximum atomic E-state index is 11.1. The van der Waals surface area contributed by atoms with Crippen molar-refractivity contribution in [2.24, 2.45) is 0 Å². The van der Waals surface area contributed by atoms with E-state index < -0.39 is 21.7 Å². The van der Waals surface area contributed by atoms with E-state index in [1.807, 2.05) is 0 Å². The van der Waals surface area contributed by atoms with Gasteiger partial charge in [0.05, 0.1) is 12.9 Å². The summed E-state index contributed by atoms with van der Waals surface area (Å²) in [5.41, 5.74) is -1.45. The van der Waals surface area contributed by atoms with Crippen molar-refractivity contribution in [3.05, 3.63) is 0 Å². The Labute approximate surface area is 78.2 Å². The molecule has 78 valence electrons. The summed E-state index contributed by atoms with van der Waals surface area (Å²) in [5.74, 6) is -0.694. The average molecular weight is 210 g/mol. The molecule has 0 aliphatic heterocycles. The Kier molecular flexibility index (Phi) is 3.87. The highest BCUT2D eigenvalue weighted by Gasteiger charge is 2.34. The van der Waals surface area contributed by atoms with E-state index in [0.29, 0.717) is 0 Å². The van der Waals surface area contributed by atoms with Crippen molar-refractivity contribution < 1.29 is 22.1 Å². The Morgan fingerprint density at radius 3 is 2.15 bits per heavy atom. The van der Waals surface area contributed by atoms with Gasteiger partial charge in [0.2, 0.25) is 0 Å². The summed E-state index contributed by atoms with van der Waals surface area (Å²) in [6, 6.07) is 0. The van der Waals surface area contributed by atoms with Crippen LogP contribution in [-0.2, 0) is 23.8 Å². The molecule has 0 radical (unpaired) electrons. The van der Waals surface area contributed by atoms with Crippen molar-refractivity contribution >= 4 is 16.1 Å². The molecule has 0 saturated carbocycles. The van der Waals surface area contributed by atoms with Gasteiger partial charge >= 0.3 is 5.97 Å². The fraction of sp³-hybridized carbons (Fsp3) is 0.857. The molecule has 0 bridgehead atoms. The Morgan fingerprint density at radius 1 is 1.38 bits per heavy atom. The molecule has 0 fully saturated rings. The molecule has 6 heteroatoms. The fourth-order valence-corrected chi connectivity index (χ4v) is 1.54. The molecule has 0 aliphatic carbocycles. The topological polar surface area (TPSA) is 69.7 Å². The lowest BCUT2D eigenvalue weighted by molar-refractivity contribution is -0.158.